The number of nitrogens with one attached hydrogen (secondary N) is 1. The molecule has 0 saturated carbocycles. The van der Waals surface area contributed by atoms with Gasteiger partial charge in [0.25, 0.3) is 5.69 Å². The van der Waals surface area contributed by atoms with Gasteiger partial charge in [0.05, 0.1) is 10.6 Å². The van der Waals surface area contributed by atoms with Gasteiger partial charge in [-0.1, -0.05) is 22.0 Å². The molecule has 0 unspecified atom stereocenters. The van der Waals surface area contributed by atoms with Gasteiger partial charge >= 0.3 is 0 Å². The van der Waals surface area contributed by atoms with Crippen molar-refractivity contribution in [3.63, 3.8) is 0 Å². The fourth-order valence-corrected chi connectivity index (χ4v) is 2.57. The maximum atomic E-state index is 11.0. The lowest BCUT2D eigenvalue weighted by atomic mass is 10.2. The number of nitrogens with zero attached hydrogens (tertiary/aromatic N) is 1. The third kappa shape index (κ3) is 3.33. The zero-order chi connectivity index (χ0) is 14.0. The van der Waals surface area contributed by atoms with Gasteiger partial charge < -0.3 is 5.32 Å². The van der Waals surface area contributed by atoms with Gasteiger partial charge in [-0.3, -0.25) is 10.1 Å². The number of hydrogen-bond donors (Lipinski definition) is 1. The summed E-state index contributed by atoms with van der Waals surface area (Å²) in [5.74, 6) is 0. The average Bonchev–Trinajstić information content (AvgIpc) is 2.34. The van der Waals surface area contributed by atoms with Crippen LogP contribution in [-0.2, 0) is 0 Å². The van der Waals surface area contributed by atoms with Crippen LogP contribution in [0, 0.1) is 17.0 Å². The van der Waals surface area contributed by atoms with Crippen LogP contribution in [0.3, 0.4) is 0 Å². The van der Waals surface area contributed by atoms with Gasteiger partial charge in [-0.2, -0.15) is 0 Å². The predicted octanol–water partition coefficient (Wildman–Crippen LogP) is 5.17. The van der Waals surface area contributed by atoms with Crippen molar-refractivity contribution in [2.75, 3.05) is 5.32 Å². The van der Waals surface area contributed by atoms with Crippen LogP contribution in [0.15, 0.2) is 45.3 Å². The summed E-state index contributed by atoms with van der Waals surface area (Å²) >= 11 is 6.67. The van der Waals surface area contributed by atoms with E-state index in [2.05, 4.69) is 37.2 Å². The first-order chi connectivity index (χ1) is 8.97. The number of rotatable bonds is 3. The second-order valence-corrected chi connectivity index (χ2v) is 5.80. The largest absolute Gasteiger partial charge is 0.349 e. The smallest absolute Gasteiger partial charge is 0.293 e. The predicted molar refractivity (Wildman–Crippen MR) is 83.0 cm³/mol. The maximum Gasteiger partial charge on any atom is 0.293 e. The van der Waals surface area contributed by atoms with Crippen LogP contribution in [0.25, 0.3) is 0 Å². The lowest BCUT2D eigenvalue weighted by Crippen LogP contribution is -1.97. The molecule has 0 aromatic heterocycles. The topological polar surface area (TPSA) is 55.2 Å². The molecule has 0 aliphatic carbocycles. The minimum absolute atomic E-state index is 0.0295. The van der Waals surface area contributed by atoms with Gasteiger partial charge in [-0.15, -0.1) is 0 Å². The van der Waals surface area contributed by atoms with Gasteiger partial charge in [-0.25, -0.2) is 0 Å². The Kier molecular flexibility index (Phi) is 4.21. The molecule has 2 aromatic rings. The minimum Gasteiger partial charge on any atom is -0.349 e. The molecule has 4 nitrogen and oxygen atoms in total. The van der Waals surface area contributed by atoms with Crippen LogP contribution >= 0.6 is 31.9 Å². The van der Waals surface area contributed by atoms with Gasteiger partial charge in [0.2, 0.25) is 0 Å². The average molecular weight is 386 g/mol. The van der Waals surface area contributed by atoms with Crippen molar-refractivity contribution < 1.29 is 4.92 Å². The Hall–Kier alpha value is -1.40. The molecule has 1 N–H and O–H groups in total. The number of benzene rings is 2. The Bertz CT molecular complexity index is 645. The monoisotopic (exact) mass is 384 g/mol. The third-order valence-electron chi connectivity index (χ3n) is 2.55. The summed E-state index contributed by atoms with van der Waals surface area (Å²) in [5.41, 5.74) is 2.39. The molecule has 0 amide bonds. The molecule has 0 heterocycles. The number of halogens is 2. The molecule has 0 radical (unpaired) electrons. The Balaban J connectivity index is 2.40. The van der Waals surface area contributed by atoms with E-state index < -0.39 is 4.92 Å². The number of nitro groups is 1. The molecule has 19 heavy (non-hydrogen) atoms. The second kappa shape index (κ2) is 5.71. The zero-order valence-corrected chi connectivity index (χ0v) is 13.2. The van der Waals surface area contributed by atoms with Crippen molar-refractivity contribution in [2.45, 2.75) is 6.92 Å². The quantitative estimate of drug-likeness (QED) is 0.585. The Morgan fingerprint density at radius 3 is 2.42 bits per heavy atom. The molecule has 0 atom stereocenters. The van der Waals surface area contributed by atoms with Crippen LogP contribution in [0.4, 0.5) is 17.1 Å². The molecule has 0 fully saturated rings. The van der Waals surface area contributed by atoms with Crippen molar-refractivity contribution in [3.05, 3.63) is 61.0 Å². The van der Waals surface area contributed by atoms with Crippen LogP contribution in [-0.4, -0.2) is 4.92 Å². The summed E-state index contributed by atoms with van der Waals surface area (Å²) in [5, 5.41) is 14.1. The van der Waals surface area contributed by atoms with Crippen LogP contribution in [0.1, 0.15) is 5.56 Å². The van der Waals surface area contributed by atoms with E-state index in [9.17, 15) is 10.1 Å². The number of aryl methyl sites for hydroxylation is 1. The van der Waals surface area contributed by atoms with E-state index in [1.807, 2.05) is 25.1 Å². The molecule has 0 aliphatic rings. The molecule has 6 heteroatoms. The second-order valence-electron chi connectivity index (χ2n) is 4.03. The zero-order valence-electron chi connectivity index (χ0n) is 9.98. The number of anilines is 2. The highest BCUT2D eigenvalue weighted by Crippen LogP contribution is 2.33. The van der Waals surface area contributed by atoms with Gasteiger partial charge in [0.15, 0.2) is 0 Å². The van der Waals surface area contributed by atoms with Gasteiger partial charge in [0.1, 0.15) is 5.69 Å². The van der Waals surface area contributed by atoms with E-state index in [1.165, 1.54) is 6.07 Å². The lowest BCUT2D eigenvalue weighted by molar-refractivity contribution is -0.384. The SMILES string of the molecule is Cc1ccc(Nc2ccc(Br)cc2[N+](=O)[O-])c(Br)c1. The molecule has 0 aliphatic heterocycles. The highest BCUT2D eigenvalue weighted by Gasteiger charge is 2.15. The summed E-state index contributed by atoms with van der Waals surface area (Å²) < 4.78 is 1.54. The summed E-state index contributed by atoms with van der Waals surface area (Å²) in [6.07, 6.45) is 0. The number of hydrogen-bond acceptors (Lipinski definition) is 3. The van der Waals surface area contributed by atoms with E-state index in [0.29, 0.717) is 10.2 Å². The molecular formula is C13H10Br2N2O2. The molecule has 0 spiro atoms. The fraction of sp³-hybridized carbons (Fsp3) is 0.0769. The molecule has 2 rings (SSSR count). The van der Waals surface area contributed by atoms with Crippen molar-refractivity contribution >= 4 is 48.9 Å². The Morgan fingerprint density at radius 2 is 1.79 bits per heavy atom. The van der Waals surface area contributed by atoms with E-state index in [4.69, 9.17) is 0 Å². The molecule has 0 saturated heterocycles. The first kappa shape index (κ1) is 14.0. The minimum atomic E-state index is -0.408. The van der Waals surface area contributed by atoms with E-state index in [-0.39, 0.29) is 5.69 Å². The van der Waals surface area contributed by atoms with Crippen LogP contribution in [0.5, 0.6) is 0 Å². The van der Waals surface area contributed by atoms with E-state index in [0.717, 1.165) is 15.7 Å². The highest BCUT2D eigenvalue weighted by atomic mass is 79.9. The molecular weight excluding hydrogens is 376 g/mol. The summed E-state index contributed by atoms with van der Waals surface area (Å²) in [6, 6.07) is 10.7. The van der Waals surface area contributed by atoms with Crippen LogP contribution in [0.2, 0.25) is 0 Å². The highest BCUT2D eigenvalue weighted by molar-refractivity contribution is 9.10. The lowest BCUT2D eigenvalue weighted by Gasteiger charge is -2.10. The maximum absolute atomic E-state index is 11.0. The molecule has 0 bridgehead atoms. The summed E-state index contributed by atoms with van der Waals surface area (Å²) in [4.78, 5) is 10.6. The van der Waals surface area contributed by atoms with Gasteiger partial charge in [-0.05, 0) is 52.7 Å². The van der Waals surface area contributed by atoms with Crippen LogP contribution < -0.4 is 5.32 Å². The van der Waals surface area contributed by atoms with Crippen molar-refractivity contribution in [2.24, 2.45) is 0 Å². The van der Waals surface area contributed by atoms with E-state index >= 15 is 0 Å². The third-order valence-corrected chi connectivity index (χ3v) is 3.70. The molecule has 98 valence electrons. The summed E-state index contributed by atoms with van der Waals surface area (Å²) in [7, 11) is 0. The normalized spacial score (nSPS) is 10.3. The van der Waals surface area contributed by atoms with Crippen molar-refractivity contribution in [3.8, 4) is 0 Å². The Morgan fingerprint density at radius 1 is 1.11 bits per heavy atom. The fourth-order valence-electron chi connectivity index (χ4n) is 1.63. The van der Waals surface area contributed by atoms with Gasteiger partial charge in [0, 0.05) is 15.0 Å². The van der Waals surface area contributed by atoms with Crippen molar-refractivity contribution in [1.82, 2.24) is 0 Å². The number of nitro benzene ring substituents is 1. The molecule has 2 aromatic carbocycles. The van der Waals surface area contributed by atoms with E-state index in [1.54, 1.807) is 12.1 Å². The standard InChI is InChI=1S/C13H10Br2N2O2/c1-8-2-4-11(10(15)6-8)16-12-5-3-9(14)7-13(12)17(18)19/h2-7,16H,1H3. The summed E-state index contributed by atoms with van der Waals surface area (Å²) in [6.45, 7) is 1.98. The van der Waals surface area contributed by atoms with Crippen molar-refractivity contribution in [1.29, 1.82) is 0 Å². The Labute approximate surface area is 127 Å². The first-order valence-electron chi connectivity index (χ1n) is 5.44. The first-order valence-corrected chi connectivity index (χ1v) is 7.03.